The Morgan fingerprint density at radius 1 is 0.919 bits per heavy atom. The fourth-order valence-corrected chi connectivity index (χ4v) is 3.72. The third-order valence-corrected chi connectivity index (χ3v) is 6.01. The number of benzene rings is 2. The van der Waals surface area contributed by atoms with E-state index in [9.17, 15) is 13.6 Å². The molecule has 9 heteroatoms. The number of hydrogen-bond donors (Lipinski definition) is 0. The van der Waals surface area contributed by atoms with Crippen LogP contribution in [0, 0.1) is 0 Å². The highest BCUT2D eigenvalue weighted by Crippen LogP contribution is 2.29. The first kappa shape index (κ1) is 28.0. The molecule has 0 aliphatic heterocycles. The van der Waals surface area contributed by atoms with Gasteiger partial charge in [-0.15, -0.1) is 0 Å². The molecule has 2 aromatic rings. The zero-order chi connectivity index (χ0) is 26.5. The third-order valence-electron chi connectivity index (χ3n) is 6.01. The van der Waals surface area contributed by atoms with Gasteiger partial charge in [-0.3, -0.25) is 4.90 Å². The van der Waals surface area contributed by atoms with E-state index < -0.39 is 18.9 Å². The largest absolute Gasteiger partial charge is 0.462 e. The molecule has 2 aromatic carbocycles. The predicted molar refractivity (Wildman–Crippen MR) is 141 cm³/mol. The van der Waals surface area contributed by atoms with Crippen LogP contribution in [0.4, 0.5) is 25.8 Å². The number of carbonyl (C=O) groups excluding carboxylic acids is 1. The van der Waals surface area contributed by atoms with Crippen molar-refractivity contribution in [2.24, 2.45) is 20.5 Å². The molecule has 7 nitrogen and oxygen atoms in total. The van der Waals surface area contributed by atoms with Crippen molar-refractivity contribution in [3.05, 3.63) is 78.0 Å². The molecule has 1 atom stereocenters. The molecule has 0 heterocycles. The molecule has 1 aliphatic carbocycles. The molecule has 0 saturated carbocycles. The molecular formula is C28H33F2N5O2. The molecule has 0 bridgehead atoms. The second kappa shape index (κ2) is 14.2. The van der Waals surface area contributed by atoms with Crippen LogP contribution in [0.5, 0.6) is 0 Å². The lowest BCUT2D eigenvalue weighted by Gasteiger charge is -2.39. The van der Waals surface area contributed by atoms with Crippen LogP contribution in [-0.4, -0.2) is 49.5 Å². The Morgan fingerprint density at radius 3 is 1.95 bits per heavy atom. The summed E-state index contributed by atoms with van der Waals surface area (Å²) < 4.78 is 30.9. The molecule has 1 unspecified atom stereocenters. The SMILES string of the molecule is CCCCOC(=O)c1ccc(/N=N/c2ccc(/N=N/C3=CCC(C)(N(CCF)CCF)C=C3)cc2)cc1. The number of unbranched alkanes of at least 4 members (excludes halogenated alkanes) is 1. The summed E-state index contributed by atoms with van der Waals surface area (Å²) in [6.45, 7) is 3.77. The molecule has 0 radical (unpaired) electrons. The summed E-state index contributed by atoms with van der Waals surface area (Å²) in [5.74, 6) is -0.342. The van der Waals surface area contributed by atoms with E-state index in [1.165, 1.54) is 0 Å². The van der Waals surface area contributed by atoms with Crippen LogP contribution >= 0.6 is 0 Å². The fraction of sp³-hybridized carbons (Fsp3) is 0.393. The lowest BCUT2D eigenvalue weighted by Crippen LogP contribution is -2.47. The minimum absolute atomic E-state index is 0.193. The highest BCUT2D eigenvalue weighted by molar-refractivity contribution is 5.89. The molecular weight excluding hydrogens is 476 g/mol. The molecule has 0 N–H and O–H groups in total. The van der Waals surface area contributed by atoms with Gasteiger partial charge < -0.3 is 4.74 Å². The van der Waals surface area contributed by atoms with Crippen LogP contribution in [0.3, 0.4) is 0 Å². The van der Waals surface area contributed by atoms with Crippen molar-refractivity contribution >= 4 is 23.0 Å². The van der Waals surface area contributed by atoms with Gasteiger partial charge in [0.2, 0.25) is 0 Å². The normalized spacial score (nSPS) is 17.6. The van der Waals surface area contributed by atoms with Gasteiger partial charge in [-0.1, -0.05) is 25.5 Å². The first-order valence-electron chi connectivity index (χ1n) is 12.4. The number of nitrogens with zero attached hydrogens (tertiary/aromatic N) is 5. The van der Waals surface area contributed by atoms with E-state index >= 15 is 0 Å². The number of hydrogen-bond acceptors (Lipinski definition) is 7. The van der Waals surface area contributed by atoms with Crippen LogP contribution in [0.2, 0.25) is 0 Å². The summed E-state index contributed by atoms with van der Waals surface area (Å²) in [6, 6.07) is 13.9. The van der Waals surface area contributed by atoms with Crippen molar-refractivity contribution in [1.82, 2.24) is 4.90 Å². The summed E-state index contributed by atoms with van der Waals surface area (Å²) in [7, 11) is 0. The predicted octanol–water partition coefficient (Wildman–Crippen LogP) is 7.99. The van der Waals surface area contributed by atoms with Gasteiger partial charge in [0.25, 0.3) is 0 Å². The molecule has 0 amide bonds. The minimum atomic E-state index is -0.517. The van der Waals surface area contributed by atoms with Crippen LogP contribution in [0.25, 0.3) is 0 Å². The number of rotatable bonds is 13. The van der Waals surface area contributed by atoms with E-state index in [1.54, 1.807) is 53.4 Å². The van der Waals surface area contributed by atoms with Gasteiger partial charge in [-0.25, -0.2) is 13.6 Å². The number of carbonyl (C=O) groups is 1. The highest BCUT2D eigenvalue weighted by atomic mass is 19.1. The molecule has 3 rings (SSSR count). The Hall–Kier alpha value is -3.59. The van der Waals surface area contributed by atoms with Crippen LogP contribution < -0.4 is 0 Å². The van der Waals surface area contributed by atoms with Gasteiger partial charge in [0.05, 0.1) is 34.9 Å². The molecule has 0 aromatic heterocycles. The van der Waals surface area contributed by atoms with Crippen molar-refractivity contribution in [2.75, 3.05) is 33.0 Å². The van der Waals surface area contributed by atoms with Gasteiger partial charge in [-0.2, -0.15) is 20.5 Å². The molecule has 37 heavy (non-hydrogen) atoms. The zero-order valence-electron chi connectivity index (χ0n) is 21.3. The summed E-state index contributed by atoms with van der Waals surface area (Å²) >= 11 is 0. The number of allylic oxidation sites excluding steroid dienone is 1. The first-order valence-corrected chi connectivity index (χ1v) is 12.4. The van der Waals surface area contributed by atoms with Gasteiger partial charge in [0.1, 0.15) is 13.3 Å². The fourth-order valence-electron chi connectivity index (χ4n) is 3.72. The van der Waals surface area contributed by atoms with Crippen LogP contribution in [-0.2, 0) is 4.74 Å². The molecule has 0 spiro atoms. The number of ether oxygens (including phenoxy) is 1. The second-order valence-corrected chi connectivity index (χ2v) is 8.84. The van der Waals surface area contributed by atoms with Crippen molar-refractivity contribution in [3.63, 3.8) is 0 Å². The van der Waals surface area contributed by atoms with Crippen molar-refractivity contribution in [1.29, 1.82) is 0 Å². The van der Waals surface area contributed by atoms with E-state index in [2.05, 4.69) is 20.5 Å². The van der Waals surface area contributed by atoms with Gasteiger partial charge in [0, 0.05) is 18.6 Å². The quantitative estimate of drug-likeness (QED) is 0.156. The molecule has 1 aliphatic rings. The maximum atomic E-state index is 12.9. The van der Waals surface area contributed by atoms with Crippen molar-refractivity contribution in [2.45, 2.75) is 38.6 Å². The Bertz CT molecular complexity index is 1120. The maximum absolute atomic E-state index is 12.9. The lowest BCUT2D eigenvalue weighted by molar-refractivity contribution is 0.0500. The Kier molecular flexibility index (Phi) is 10.8. The van der Waals surface area contributed by atoms with Gasteiger partial charge in [-0.05, 0) is 74.4 Å². The molecule has 0 saturated heterocycles. The maximum Gasteiger partial charge on any atom is 0.338 e. The second-order valence-electron chi connectivity index (χ2n) is 8.84. The van der Waals surface area contributed by atoms with Gasteiger partial charge >= 0.3 is 5.97 Å². The van der Waals surface area contributed by atoms with Crippen molar-refractivity contribution < 1.29 is 18.3 Å². The van der Waals surface area contributed by atoms with Crippen molar-refractivity contribution in [3.8, 4) is 0 Å². The molecule has 0 fully saturated rings. The Balaban J connectivity index is 1.54. The average molecular weight is 510 g/mol. The molecule has 196 valence electrons. The standard InChI is InChI=1S/C28H33F2N5O2/c1-3-4-21-37-27(36)22-5-7-23(8-6-22)31-32-24-9-11-25(12-10-24)33-34-26-13-15-28(2,16-14-26)35(19-17-29)20-18-30/h5-15H,3-4,16-21H2,1-2H3/b32-31+,34-33+. The zero-order valence-corrected chi connectivity index (χ0v) is 21.3. The van der Waals surface area contributed by atoms with E-state index in [1.807, 2.05) is 32.1 Å². The highest BCUT2D eigenvalue weighted by Gasteiger charge is 2.29. The number of azo groups is 2. The van der Waals surface area contributed by atoms with Crippen LogP contribution in [0.15, 0.2) is 92.9 Å². The van der Waals surface area contributed by atoms with Crippen LogP contribution in [0.1, 0.15) is 43.5 Å². The third kappa shape index (κ3) is 8.49. The monoisotopic (exact) mass is 509 g/mol. The number of alkyl halides is 2. The summed E-state index contributed by atoms with van der Waals surface area (Å²) in [4.78, 5) is 13.8. The topological polar surface area (TPSA) is 79.0 Å². The minimum Gasteiger partial charge on any atom is -0.462 e. The first-order chi connectivity index (χ1) is 18.0. The summed E-state index contributed by atoms with van der Waals surface area (Å²) in [5, 5.41) is 17.0. The average Bonchev–Trinajstić information content (AvgIpc) is 2.92. The Morgan fingerprint density at radius 2 is 1.46 bits per heavy atom. The summed E-state index contributed by atoms with van der Waals surface area (Å²) in [6.07, 6.45) is 8.09. The number of halogens is 2. The van der Waals surface area contributed by atoms with Gasteiger partial charge in [0.15, 0.2) is 0 Å². The van der Waals surface area contributed by atoms with E-state index in [-0.39, 0.29) is 19.1 Å². The lowest BCUT2D eigenvalue weighted by atomic mass is 9.90. The Labute approximate surface area is 216 Å². The van der Waals surface area contributed by atoms with E-state index in [0.717, 1.165) is 12.8 Å². The smallest absolute Gasteiger partial charge is 0.338 e. The number of esters is 1. The van der Waals surface area contributed by atoms with E-state index in [0.29, 0.717) is 41.4 Å². The van der Waals surface area contributed by atoms with E-state index in [4.69, 9.17) is 4.74 Å². The summed E-state index contributed by atoms with van der Waals surface area (Å²) in [5.41, 5.74) is 2.66.